The SMILES string of the molecule is CCOC(=O)CCCCP(=O)([O-])[O-].[Zr]. The van der Waals surface area contributed by atoms with Gasteiger partial charge in [0, 0.05) is 32.6 Å². The van der Waals surface area contributed by atoms with Gasteiger partial charge >= 0.3 is 5.97 Å². The van der Waals surface area contributed by atoms with Crippen LogP contribution in [0.25, 0.3) is 0 Å². The average Bonchev–Trinajstić information content (AvgIpc) is 1.97. The Kier molecular flexibility index (Phi) is 10.6. The molecule has 0 rings (SSSR count). The molecule has 5 nitrogen and oxygen atoms in total. The van der Waals surface area contributed by atoms with Gasteiger partial charge in [-0.1, -0.05) is 7.60 Å². The van der Waals surface area contributed by atoms with Crippen LogP contribution >= 0.6 is 7.60 Å². The van der Waals surface area contributed by atoms with Crippen LogP contribution in [-0.2, 0) is 40.3 Å². The van der Waals surface area contributed by atoms with Crippen molar-refractivity contribution >= 4 is 13.6 Å². The first kappa shape index (κ1) is 16.9. The van der Waals surface area contributed by atoms with Crippen molar-refractivity contribution in [2.45, 2.75) is 26.2 Å². The van der Waals surface area contributed by atoms with Gasteiger partial charge < -0.3 is 19.1 Å². The average molecular weight is 299 g/mol. The van der Waals surface area contributed by atoms with Gasteiger partial charge in [-0.2, -0.15) is 0 Å². The van der Waals surface area contributed by atoms with Gasteiger partial charge in [-0.25, -0.2) is 0 Å². The summed E-state index contributed by atoms with van der Waals surface area (Å²) in [5.41, 5.74) is 0. The molecule has 0 aromatic rings. The summed E-state index contributed by atoms with van der Waals surface area (Å²) in [5.74, 6) is -0.353. The van der Waals surface area contributed by atoms with E-state index in [1.165, 1.54) is 0 Å². The maximum absolute atomic E-state index is 10.7. The summed E-state index contributed by atoms with van der Waals surface area (Å²) >= 11 is 0. The van der Waals surface area contributed by atoms with Crippen molar-refractivity contribution in [1.82, 2.24) is 0 Å². The van der Waals surface area contributed by atoms with E-state index in [9.17, 15) is 19.1 Å². The number of ether oxygens (including phenoxy) is 1. The predicted octanol–water partition coefficient (Wildman–Crippen LogP) is -0.369. The monoisotopic (exact) mass is 298 g/mol. The van der Waals surface area contributed by atoms with Crippen LogP contribution in [0, 0.1) is 0 Å². The maximum atomic E-state index is 10.7. The number of hydrogen-bond acceptors (Lipinski definition) is 5. The van der Waals surface area contributed by atoms with Gasteiger partial charge in [-0.3, -0.25) is 4.79 Å². The molecule has 82 valence electrons. The maximum Gasteiger partial charge on any atom is 0.305 e. The number of unbranched alkanes of at least 4 members (excludes halogenated alkanes) is 1. The molecule has 0 aliphatic carbocycles. The fourth-order valence-corrected chi connectivity index (χ4v) is 1.42. The molecule has 0 saturated carbocycles. The second kappa shape index (κ2) is 8.78. The number of hydrogen-bond donors (Lipinski definition) is 0. The van der Waals surface area contributed by atoms with E-state index >= 15 is 0 Å². The first-order valence-corrected chi connectivity index (χ1v) is 5.85. The van der Waals surface area contributed by atoms with Crippen molar-refractivity contribution in [3.05, 3.63) is 0 Å². The molecule has 0 unspecified atom stereocenters. The van der Waals surface area contributed by atoms with Gasteiger partial charge in [0.2, 0.25) is 0 Å². The third-order valence-electron chi connectivity index (χ3n) is 1.37. The van der Waals surface area contributed by atoms with Crippen LogP contribution in [-0.4, -0.2) is 18.7 Å². The molecule has 0 fully saturated rings. The van der Waals surface area contributed by atoms with Crippen LogP contribution in [0.15, 0.2) is 0 Å². The third-order valence-corrected chi connectivity index (χ3v) is 2.23. The Morgan fingerprint density at radius 1 is 1.36 bits per heavy atom. The van der Waals surface area contributed by atoms with E-state index in [1.54, 1.807) is 6.92 Å². The smallest absolute Gasteiger partial charge is 0.305 e. The second-order valence-corrected chi connectivity index (χ2v) is 4.27. The zero-order valence-electron chi connectivity index (χ0n) is 8.02. The number of carbonyl (C=O) groups is 1. The molecule has 0 atom stereocenters. The van der Waals surface area contributed by atoms with E-state index in [2.05, 4.69) is 4.74 Å². The molecule has 0 aliphatic heterocycles. The van der Waals surface area contributed by atoms with Crippen LogP contribution in [0.4, 0.5) is 0 Å². The largest absolute Gasteiger partial charge is 0.811 e. The van der Waals surface area contributed by atoms with Gasteiger partial charge in [0.25, 0.3) is 0 Å². The van der Waals surface area contributed by atoms with E-state index in [-0.39, 0.29) is 51.2 Å². The number of carbonyl (C=O) groups excluding carboxylic acids is 1. The minimum Gasteiger partial charge on any atom is -0.811 e. The van der Waals surface area contributed by atoms with Crippen molar-refractivity contribution in [3.8, 4) is 0 Å². The number of rotatable bonds is 6. The van der Waals surface area contributed by atoms with Crippen molar-refractivity contribution in [2.24, 2.45) is 0 Å². The van der Waals surface area contributed by atoms with E-state index in [0.717, 1.165) is 0 Å². The summed E-state index contributed by atoms with van der Waals surface area (Å²) in [7, 11) is -4.39. The van der Waals surface area contributed by atoms with Gasteiger partial charge in [0.05, 0.1) is 6.61 Å². The molecule has 14 heavy (non-hydrogen) atoms. The summed E-state index contributed by atoms with van der Waals surface area (Å²) in [5, 5.41) is 0. The summed E-state index contributed by atoms with van der Waals surface area (Å²) in [6.07, 6.45) is 0.399. The molecule has 0 aliphatic rings. The van der Waals surface area contributed by atoms with Gasteiger partial charge in [0.15, 0.2) is 0 Å². The first-order chi connectivity index (χ1) is 5.95. The molecular weight excluding hydrogens is 286 g/mol. The van der Waals surface area contributed by atoms with Crippen molar-refractivity contribution in [3.63, 3.8) is 0 Å². The molecule has 0 aromatic heterocycles. The van der Waals surface area contributed by atoms with Crippen LogP contribution in [0.1, 0.15) is 26.2 Å². The quantitative estimate of drug-likeness (QED) is 0.379. The van der Waals surface area contributed by atoms with E-state index in [4.69, 9.17) is 0 Å². The summed E-state index contributed by atoms with van der Waals surface area (Å²) in [4.78, 5) is 31.0. The molecule has 0 amide bonds. The molecule has 0 radical (unpaired) electrons. The standard InChI is InChI=1S/C7H15O5P.Zr/c1-2-12-7(8)5-3-4-6-13(9,10)11;/h2-6H2,1H3,(H2,9,10,11);/p-2. The second-order valence-electron chi connectivity index (χ2n) is 2.60. The minimum atomic E-state index is -4.39. The van der Waals surface area contributed by atoms with E-state index in [1.807, 2.05) is 0 Å². The van der Waals surface area contributed by atoms with Gasteiger partial charge in [0.1, 0.15) is 0 Å². The van der Waals surface area contributed by atoms with Crippen molar-refractivity contribution < 1.29 is 50.1 Å². The predicted molar refractivity (Wildman–Crippen MR) is 43.0 cm³/mol. The summed E-state index contributed by atoms with van der Waals surface area (Å²) < 4.78 is 14.8. The molecule has 0 bridgehead atoms. The molecule has 0 N–H and O–H groups in total. The Morgan fingerprint density at radius 3 is 2.36 bits per heavy atom. The zero-order valence-corrected chi connectivity index (χ0v) is 11.4. The van der Waals surface area contributed by atoms with Crippen LogP contribution in [0.5, 0.6) is 0 Å². The fraction of sp³-hybridized carbons (Fsp3) is 0.857. The Bertz CT molecular complexity index is 202. The Balaban J connectivity index is 0. The summed E-state index contributed by atoms with van der Waals surface area (Å²) in [6.45, 7) is 2.02. The van der Waals surface area contributed by atoms with Crippen molar-refractivity contribution in [2.75, 3.05) is 12.8 Å². The van der Waals surface area contributed by atoms with Crippen LogP contribution in [0.3, 0.4) is 0 Å². The third kappa shape index (κ3) is 12.5. The van der Waals surface area contributed by atoms with Crippen LogP contribution in [0.2, 0.25) is 0 Å². The number of esters is 1. The first-order valence-electron chi connectivity index (χ1n) is 4.12. The Morgan fingerprint density at radius 2 is 1.93 bits per heavy atom. The van der Waals surface area contributed by atoms with E-state index < -0.39 is 7.60 Å². The zero-order chi connectivity index (χ0) is 10.3. The topological polar surface area (TPSA) is 89.5 Å². The molecular formula is C7H13O5PZr-2. The van der Waals surface area contributed by atoms with Crippen molar-refractivity contribution in [1.29, 1.82) is 0 Å². The molecule has 0 heterocycles. The minimum absolute atomic E-state index is 0. The van der Waals surface area contributed by atoms with Gasteiger partial charge in [-0.15, -0.1) is 0 Å². The molecule has 0 spiro atoms. The molecule has 0 saturated heterocycles. The Labute approximate surface area is 103 Å². The van der Waals surface area contributed by atoms with E-state index in [0.29, 0.717) is 13.0 Å². The summed E-state index contributed by atoms with van der Waals surface area (Å²) in [6, 6.07) is 0. The normalized spacial score (nSPS) is 10.5. The fourth-order valence-electron chi connectivity index (χ4n) is 0.808. The van der Waals surface area contributed by atoms with Crippen LogP contribution < -0.4 is 9.79 Å². The molecule has 7 heteroatoms. The van der Waals surface area contributed by atoms with Gasteiger partial charge in [-0.05, 0) is 25.9 Å². The molecule has 0 aromatic carbocycles. The Hall–Kier alpha value is 0.503.